The normalized spacial score (nSPS) is 17.3. The fourth-order valence-electron chi connectivity index (χ4n) is 2.72. The lowest BCUT2D eigenvalue weighted by atomic mass is 9.87. The zero-order chi connectivity index (χ0) is 13.7. The molecule has 4 heteroatoms. The molecule has 1 aliphatic carbocycles. The van der Waals surface area contributed by atoms with Crippen LogP contribution in [0, 0.1) is 5.92 Å². The van der Waals surface area contributed by atoms with Crippen molar-refractivity contribution in [1.82, 2.24) is 0 Å². The van der Waals surface area contributed by atoms with Crippen molar-refractivity contribution < 1.29 is 8.42 Å². The van der Waals surface area contributed by atoms with Gasteiger partial charge in [-0.2, -0.15) is 0 Å². The van der Waals surface area contributed by atoms with E-state index in [4.69, 9.17) is 0 Å². The smallest absolute Gasteiger partial charge is 0.175 e. The van der Waals surface area contributed by atoms with Gasteiger partial charge in [-0.3, -0.25) is 0 Å². The van der Waals surface area contributed by atoms with Crippen LogP contribution in [0.3, 0.4) is 0 Å². The molecule has 0 radical (unpaired) electrons. The van der Waals surface area contributed by atoms with Gasteiger partial charge >= 0.3 is 0 Å². The van der Waals surface area contributed by atoms with E-state index in [1.165, 1.54) is 44.8 Å². The fraction of sp³-hybridized carbons (Fsp3) is 0.600. The van der Waals surface area contributed by atoms with Gasteiger partial charge in [-0.15, -0.1) is 0 Å². The standard InChI is InChI=1S/C15H23NO2S/c1-19(17,18)15-9-7-14(8-10-15)16-12-11-13-5-3-2-4-6-13/h7-10,13,16H,2-6,11-12H2,1H3. The lowest BCUT2D eigenvalue weighted by molar-refractivity contribution is 0.345. The van der Waals surface area contributed by atoms with Crippen LogP contribution in [0.5, 0.6) is 0 Å². The van der Waals surface area contributed by atoms with E-state index in [0.29, 0.717) is 4.90 Å². The van der Waals surface area contributed by atoms with Gasteiger partial charge in [0, 0.05) is 18.5 Å². The van der Waals surface area contributed by atoms with Gasteiger partial charge in [0.05, 0.1) is 4.90 Å². The molecule has 1 aromatic carbocycles. The minimum atomic E-state index is -3.08. The summed E-state index contributed by atoms with van der Waals surface area (Å²) >= 11 is 0. The molecule has 3 nitrogen and oxygen atoms in total. The third-order valence-electron chi connectivity index (χ3n) is 3.89. The Morgan fingerprint density at radius 2 is 1.74 bits per heavy atom. The van der Waals surface area contributed by atoms with E-state index in [9.17, 15) is 8.42 Å². The van der Waals surface area contributed by atoms with Crippen LogP contribution in [-0.4, -0.2) is 21.2 Å². The summed E-state index contributed by atoms with van der Waals surface area (Å²) in [5.74, 6) is 0.872. The number of hydrogen-bond acceptors (Lipinski definition) is 3. The topological polar surface area (TPSA) is 46.2 Å². The molecular weight excluding hydrogens is 258 g/mol. The summed E-state index contributed by atoms with van der Waals surface area (Å²) in [6.07, 6.45) is 9.36. The number of rotatable bonds is 5. The van der Waals surface area contributed by atoms with Crippen LogP contribution < -0.4 is 5.32 Å². The number of nitrogens with one attached hydrogen (secondary N) is 1. The molecule has 1 aromatic rings. The van der Waals surface area contributed by atoms with Crippen molar-refractivity contribution in [2.75, 3.05) is 18.1 Å². The van der Waals surface area contributed by atoms with Crippen LogP contribution in [0.2, 0.25) is 0 Å². The largest absolute Gasteiger partial charge is 0.385 e. The minimum Gasteiger partial charge on any atom is -0.385 e. The van der Waals surface area contributed by atoms with Crippen molar-refractivity contribution in [1.29, 1.82) is 0 Å². The van der Waals surface area contributed by atoms with Crippen LogP contribution in [0.4, 0.5) is 5.69 Å². The van der Waals surface area contributed by atoms with Crippen molar-refractivity contribution in [2.24, 2.45) is 5.92 Å². The Kier molecular flexibility index (Phi) is 4.86. The van der Waals surface area contributed by atoms with Gasteiger partial charge in [-0.05, 0) is 36.6 Å². The molecule has 1 fully saturated rings. The summed E-state index contributed by atoms with van der Waals surface area (Å²) in [5.41, 5.74) is 1.00. The molecule has 1 aliphatic rings. The van der Waals surface area contributed by atoms with E-state index in [1.54, 1.807) is 12.1 Å². The van der Waals surface area contributed by atoms with E-state index < -0.39 is 9.84 Å². The van der Waals surface area contributed by atoms with Crippen LogP contribution in [0.15, 0.2) is 29.2 Å². The average molecular weight is 281 g/mol. The van der Waals surface area contributed by atoms with Gasteiger partial charge in [0.25, 0.3) is 0 Å². The van der Waals surface area contributed by atoms with Gasteiger partial charge < -0.3 is 5.32 Å². The summed E-state index contributed by atoms with van der Waals surface area (Å²) in [6, 6.07) is 7.02. The van der Waals surface area contributed by atoms with Crippen molar-refractivity contribution in [2.45, 2.75) is 43.4 Å². The molecule has 0 unspecified atom stereocenters. The second kappa shape index (κ2) is 6.42. The van der Waals surface area contributed by atoms with E-state index in [0.717, 1.165) is 18.2 Å². The Morgan fingerprint density at radius 3 is 2.32 bits per heavy atom. The second-order valence-corrected chi connectivity index (χ2v) is 7.53. The molecule has 0 heterocycles. The molecule has 19 heavy (non-hydrogen) atoms. The first-order chi connectivity index (χ1) is 9.05. The highest BCUT2D eigenvalue weighted by atomic mass is 32.2. The monoisotopic (exact) mass is 281 g/mol. The Balaban J connectivity index is 1.80. The van der Waals surface area contributed by atoms with Gasteiger partial charge in [-0.1, -0.05) is 32.1 Å². The highest BCUT2D eigenvalue weighted by Crippen LogP contribution is 2.26. The molecule has 106 valence electrons. The van der Waals surface area contributed by atoms with Crippen LogP contribution in [0.25, 0.3) is 0 Å². The maximum atomic E-state index is 11.3. The van der Waals surface area contributed by atoms with Crippen LogP contribution in [-0.2, 0) is 9.84 Å². The number of sulfone groups is 1. The van der Waals surface area contributed by atoms with Crippen molar-refractivity contribution in [3.63, 3.8) is 0 Å². The number of benzene rings is 1. The van der Waals surface area contributed by atoms with Crippen LogP contribution in [0.1, 0.15) is 38.5 Å². The first-order valence-electron chi connectivity index (χ1n) is 7.10. The lowest BCUT2D eigenvalue weighted by Crippen LogP contribution is -2.12. The lowest BCUT2D eigenvalue weighted by Gasteiger charge is -2.21. The summed E-state index contributed by atoms with van der Waals surface area (Å²) < 4.78 is 22.7. The Bertz CT molecular complexity index is 487. The van der Waals surface area contributed by atoms with Crippen LogP contribution >= 0.6 is 0 Å². The Labute approximate surface area is 116 Å². The average Bonchev–Trinajstić information content (AvgIpc) is 2.39. The van der Waals surface area contributed by atoms with E-state index >= 15 is 0 Å². The first-order valence-corrected chi connectivity index (χ1v) is 8.99. The number of anilines is 1. The first kappa shape index (κ1) is 14.4. The molecule has 0 atom stereocenters. The Morgan fingerprint density at radius 1 is 1.11 bits per heavy atom. The minimum absolute atomic E-state index is 0.380. The SMILES string of the molecule is CS(=O)(=O)c1ccc(NCCC2CCCCC2)cc1. The molecule has 0 aliphatic heterocycles. The molecule has 1 N–H and O–H groups in total. The van der Waals surface area contributed by atoms with Crippen molar-refractivity contribution in [3.05, 3.63) is 24.3 Å². The van der Waals surface area contributed by atoms with Gasteiger partial charge in [-0.25, -0.2) is 8.42 Å². The zero-order valence-corrected chi connectivity index (χ0v) is 12.4. The zero-order valence-electron chi connectivity index (χ0n) is 11.6. The molecule has 0 bridgehead atoms. The van der Waals surface area contributed by atoms with Gasteiger partial charge in [0.1, 0.15) is 0 Å². The summed E-state index contributed by atoms with van der Waals surface area (Å²) in [7, 11) is -3.08. The maximum absolute atomic E-state index is 11.3. The van der Waals surface area contributed by atoms with E-state index in [-0.39, 0.29) is 0 Å². The highest BCUT2D eigenvalue weighted by molar-refractivity contribution is 7.90. The van der Waals surface area contributed by atoms with Gasteiger partial charge in [0.15, 0.2) is 9.84 Å². The Hall–Kier alpha value is -1.03. The quantitative estimate of drug-likeness (QED) is 0.899. The molecule has 0 spiro atoms. The third-order valence-corrected chi connectivity index (χ3v) is 5.02. The van der Waals surface area contributed by atoms with Crippen molar-refractivity contribution >= 4 is 15.5 Å². The predicted octanol–water partition coefficient (Wildman–Crippen LogP) is 3.47. The maximum Gasteiger partial charge on any atom is 0.175 e. The molecule has 0 saturated heterocycles. The molecule has 1 saturated carbocycles. The van der Waals surface area contributed by atoms with Gasteiger partial charge in [0.2, 0.25) is 0 Å². The molecule has 2 rings (SSSR count). The molecule has 0 aromatic heterocycles. The molecular formula is C15H23NO2S. The third kappa shape index (κ3) is 4.53. The molecule has 0 amide bonds. The summed E-state index contributed by atoms with van der Waals surface area (Å²) in [4.78, 5) is 0.380. The summed E-state index contributed by atoms with van der Waals surface area (Å²) in [6.45, 7) is 0.975. The highest BCUT2D eigenvalue weighted by Gasteiger charge is 2.12. The predicted molar refractivity (Wildman–Crippen MR) is 79.2 cm³/mol. The van der Waals surface area contributed by atoms with E-state index in [2.05, 4.69) is 5.32 Å². The van der Waals surface area contributed by atoms with E-state index in [1.807, 2.05) is 12.1 Å². The summed E-state index contributed by atoms with van der Waals surface area (Å²) in [5, 5.41) is 3.38. The van der Waals surface area contributed by atoms with Crippen molar-refractivity contribution in [3.8, 4) is 0 Å². The fourth-order valence-corrected chi connectivity index (χ4v) is 3.35. The second-order valence-electron chi connectivity index (χ2n) is 5.52. The number of hydrogen-bond donors (Lipinski definition) is 1.